The number of halogens is 1. The van der Waals surface area contributed by atoms with Gasteiger partial charge in [0.05, 0.1) is 5.00 Å². The lowest BCUT2D eigenvalue weighted by atomic mass is 10.4. The molecule has 0 radical (unpaired) electrons. The van der Waals surface area contributed by atoms with Crippen LogP contribution >= 0.6 is 27.3 Å². The summed E-state index contributed by atoms with van der Waals surface area (Å²) in [6, 6.07) is 5.34. The smallest absolute Gasteiger partial charge is 0.321 e. The molecule has 0 aliphatic rings. The van der Waals surface area contributed by atoms with Crippen LogP contribution in [-0.4, -0.2) is 17.0 Å². The molecule has 17 heavy (non-hydrogen) atoms. The molecule has 1 N–H and O–H groups in total. The minimum absolute atomic E-state index is 0.197. The van der Waals surface area contributed by atoms with Crippen LogP contribution in [0.3, 0.4) is 0 Å². The molecule has 2 aromatic rings. The minimum Gasteiger partial charge on any atom is -0.321 e. The summed E-state index contributed by atoms with van der Waals surface area (Å²) in [6.45, 7) is 0. The predicted molar refractivity (Wildman–Crippen MR) is 69.7 cm³/mol. The van der Waals surface area contributed by atoms with E-state index in [0.29, 0.717) is 5.82 Å². The van der Waals surface area contributed by atoms with E-state index in [0.717, 1.165) is 9.47 Å². The number of rotatable bonds is 2. The summed E-state index contributed by atoms with van der Waals surface area (Å²) in [5.74, 6) is 0.444. The monoisotopic (exact) mass is 310 g/mol. The van der Waals surface area contributed by atoms with Gasteiger partial charge in [0.15, 0.2) is 0 Å². The van der Waals surface area contributed by atoms with Gasteiger partial charge in [-0.25, -0.2) is 4.79 Å². The van der Waals surface area contributed by atoms with Crippen molar-refractivity contribution in [2.24, 2.45) is 0 Å². The van der Waals surface area contributed by atoms with E-state index in [4.69, 9.17) is 5.26 Å². The molecule has 0 saturated carbocycles. The lowest BCUT2D eigenvalue weighted by Crippen LogP contribution is -2.18. The molecular formula is C10H7BrN4OS. The van der Waals surface area contributed by atoms with E-state index in [1.807, 2.05) is 17.5 Å². The van der Waals surface area contributed by atoms with Crippen LogP contribution in [0.1, 0.15) is 5.69 Å². The number of hydrogen-bond donors (Lipinski definition) is 1. The molecule has 0 aliphatic carbocycles. The molecule has 0 atom stereocenters. The topological polar surface area (TPSA) is 72.8 Å². The van der Waals surface area contributed by atoms with Crippen molar-refractivity contribution in [2.75, 3.05) is 11.9 Å². The summed E-state index contributed by atoms with van der Waals surface area (Å²) < 4.78 is 0.967. The number of hydrogen-bond acceptors (Lipinski definition) is 5. The number of aromatic amines is 1. The van der Waals surface area contributed by atoms with Gasteiger partial charge in [0, 0.05) is 23.0 Å². The molecule has 0 bridgehead atoms. The summed E-state index contributed by atoms with van der Waals surface area (Å²) >= 11 is 4.87. The third kappa shape index (κ3) is 2.54. The molecule has 86 valence electrons. The maximum Gasteiger partial charge on any atom is 0.347 e. The van der Waals surface area contributed by atoms with Crippen LogP contribution in [0.5, 0.6) is 0 Å². The van der Waals surface area contributed by atoms with Crippen molar-refractivity contribution in [3.05, 3.63) is 38.2 Å². The normalized spacial score (nSPS) is 9.94. The van der Waals surface area contributed by atoms with Crippen molar-refractivity contribution in [2.45, 2.75) is 0 Å². The molecular weight excluding hydrogens is 304 g/mol. The molecule has 0 unspecified atom stereocenters. The summed E-state index contributed by atoms with van der Waals surface area (Å²) in [6.07, 6.45) is 0. The van der Waals surface area contributed by atoms with Gasteiger partial charge in [0.2, 0.25) is 0 Å². The molecule has 0 aromatic carbocycles. The van der Waals surface area contributed by atoms with Gasteiger partial charge in [-0.05, 0) is 22.0 Å². The van der Waals surface area contributed by atoms with Crippen LogP contribution in [0.25, 0.3) is 0 Å². The fraction of sp³-hybridized carbons (Fsp3) is 0.100. The Morgan fingerprint density at radius 2 is 2.35 bits per heavy atom. The van der Waals surface area contributed by atoms with E-state index < -0.39 is 5.69 Å². The average molecular weight is 311 g/mol. The van der Waals surface area contributed by atoms with Crippen molar-refractivity contribution in [3.63, 3.8) is 0 Å². The standard InChI is InChI=1S/C10H7BrN4OS/c1-15(9-2-6(11)5-17-9)8-3-7(4-12)13-10(16)14-8/h2-3,5H,1H3,(H,13,14,16). The van der Waals surface area contributed by atoms with Gasteiger partial charge < -0.3 is 4.90 Å². The highest BCUT2D eigenvalue weighted by Gasteiger charge is 2.09. The van der Waals surface area contributed by atoms with Gasteiger partial charge in [-0.15, -0.1) is 11.3 Å². The molecule has 5 nitrogen and oxygen atoms in total. The summed E-state index contributed by atoms with van der Waals surface area (Å²) in [5.41, 5.74) is -0.330. The van der Waals surface area contributed by atoms with Crippen molar-refractivity contribution in [3.8, 4) is 6.07 Å². The van der Waals surface area contributed by atoms with Crippen LogP contribution in [0.15, 0.2) is 26.8 Å². The average Bonchev–Trinajstić information content (AvgIpc) is 2.74. The van der Waals surface area contributed by atoms with Gasteiger partial charge in [-0.3, -0.25) is 4.98 Å². The van der Waals surface area contributed by atoms with Gasteiger partial charge >= 0.3 is 5.69 Å². The second-order valence-electron chi connectivity index (χ2n) is 3.23. The molecule has 0 saturated heterocycles. The number of H-pyrrole nitrogens is 1. The first-order valence-corrected chi connectivity index (χ1v) is 6.26. The van der Waals surface area contributed by atoms with E-state index in [1.54, 1.807) is 11.9 Å². The number of thiophene rings is 1. The van der Waals surface area contributed by atoms with E-state index in [2.05, 4.69) is 25.9 Å². The third-order valence-corrected chi connectivity index (χ3v) is 3.85. The van der Waals surface area contributed by atoms with E-state index >= 15 is 0 Å². The van der Waals surface area contributed by atoms with E-state index in [1.165, 1.54) is 17.4 Å². The second kappa shape index (κ2) is 4.69. The first kappa shape index (κ1) is 11.8. The fourth-order valence-corrected chi connectivity index (χ4v) is 2.66. The van der Waals surface area contributed by atoms with Crippen molar-refractivity contribution in [1.29, 1.82) is 5.26 Å². The molecule has 0 aliphatic heterocycles. The number of nitrogens with zero attached hydrogens (tertiary/aromatic N) is 3. The lowest BCUT2D eigenvalue weighted by molar-refractivity contribution is 1.02. The Labute approximate surface area is 109 Å². The predicted octanol–water partition coefficient (Wildman–Crippen LogP) is 2.23. The Morgan fingerprint density at radius 3 is 2.94 bits per heavy atom. The molecule has 2 rings (SSSR count). The summed E-state index contributed by atoms with van der Waals surface area (Å²) in [5, 5.41) is 11.6. The minimum atomic E-state index is -0.526. The number of anilines is 2. The van der Waals surface area contributed by atoms with Crippen LogP contribution < -0.4 is 10.6 Å². The van der Waals surface area contributed by atoms with Gasteiger partial charge in [0.1, 0.15) is 17.6 Å². The molecule has 0 spiro atoms. The Hall–Kier alpha value is -1.65. The maximum absolute atomic E-state index is 11.3. The van der Waals surface area contributed by atoms with Gasteiger partial charge in [-0.1, -0.05) is 0 Å². The number of nitrogens with one attached hydrogen (secondary N) is 1. The maximum atomic E-state index is 11.3. The molecule has 0 fully saturated rings. The van der Waals surface area contributed by atoms with Crippen LogP contribution in [0.4, 0.5) is 10.8 Å². The highest BCUT2D eigenvalue weighted by atomic mass is 79.9. The molecule has 2 heterocycles. The van der Waals surface area contributed by atoms with Gasteiger partial charge in [0.25, 0.3) is 0 Å². The van der Waals surface area contributed by atoms with Gasteiger partial charge in [-0.2, -0.15) is 10.2 Å². The first-order valence-electron chi connectivity index (χ1n) is 4.59. The Bertz CT molecular complexity index is 642. The zero-order chi connectivity index (χ0) is 12.4. The Kier molecular flexibility index (Phi) is 3.26. The Morgan fingerprint density at radius 1 is 1.59 bits per heavy atom. The quantitative estimate of drug-likeness (QED) is 0.923. The van der Waals surface area contributed by atoms with E-state index in [-0.39, 0.29) is 5.69 Å². The second-order valence-corrected chi connectivity index (χ2v) is 5.04. The zero-order valence-electron chi connectivity index (χ0n) is 8.77. The first-order chi connectivity index (χ1) is 8.10. The SMILES string of the molecule is CN(c1cc(C#N)[nH]c(=O)n1)c1cc(Br)cs1. The van der Waals surface area contributed by atoms with Crippen molar-refractivity contribution >= 4 is 38.1 Å². The number of aromatic nitrogens is 2. The molecule has 0 amide bonds. The fourth-order valence-electron chi connectivity index (χ4n) is 1.27. The van der Waals surface area contributed by atoms with Crippen molar-refractivity contribution < 1.29 is 0 Å². The van der Waals surface area contributed by atoms with Crippen LogP contribution in [-0.2, 0) is 0 Å². The molecule has 2 aromatic heterocycles. The van der Waals surface area contributed by atoms with E-state index in [9.17, 15) is 4.79 Å². The zero-order valence-corrected chi connectivity index (χ0v) is 11.2. The third-order valence-electron chi connectivity index (χ3n) is 2.08. The van der Waals surface area contributed by atoms with Crippen LogP contribution in [0, 0.1) is 11.3 Å². The number of nitriles is 1. The molecule has 7 heteroatoms. The summed E-state index contributed by atoms with van der Waals surface area (Å²) in [7, 11) is 1.79. The Balaban J connectivity index is 2.44. The highest BCUT2D eigenvalue weighted by Crippen LogP contribution is 2.30. The van der Waals surface area contributed by atoms with Crippen LogP contribution in [0.2, 0.25) is 0 Å². The highest BCUT2D eigenvalue weighted by molar-refractivity contribution is 9.10. The van der Waals surface area contributed by atoms with Crippen molar-refractivity contribution in [1.82, 2.24) is 9.97 Å². The lowest BCUT2D eigenvalue weighted by Gasteiger charge is -2.15. The largest absolute Gasteiger partial charge is 0.347 e. The summed E-state index contributed by atoms with van der Waals surface area (Å²) in [4.78, 5) is 19.2.